The molecule has 0 aliphatic carbocycles. The van der Waals surface area contributed by atoms with Crippen molar-refractivity contribution in [3.05, 3.63) is 30.1 Å². The molecule has 4 rings (SSSR count). The molecule has 0 radical (unpaired) electrons. The monoisotopic (exact) mass is 425 g/mol. The molecule has 2 aliphatic heterocycles. The highest BCUT2D eigenvalue weighted by molar-refractivity contribution is 6.00. The first-order valence-corrected chi connectivity index (χ1v) is 11.7. The Morgan fingerprint density at radius 3 is 2.52 bits per heavy atom. The molecule has 7 nitrogen and oxygen atoms in total. The zero-order valence-electron chi connectivity index (χ0n) is 19.1. The number of nitrogens with zero attached hydrogens (tertiary/aromatic N) is 3. The highest BCUT2D eigenvalue weighted by atomic mass is 16.2. The second kappa shape index (κ2) is 8.61. The number of nitrogens with one attached hydrogen (secondary N) is 2. The van der Waals surface area contributed by atoms with Crippen LogP contribution in [0.25, 0.3) is 11.0 Å². The Kier molecular flexibility index (Phi) is 6.06. The van der Waals surface area contributed by atoms with Gasteiger partial charge in [0.25, 0.3) is 0 Å². The predicted octanol–water partition coefficient (Wildman–Crippen LogP) is 3.24. The zero-order valence-corrected chi connectivity index (χ0v) is 19.1. The lowest BCUT2D eigenvalue weighted by Crippen LogP contribution is -2.73. The summed E-state index contributed by atoms with van der Waals surface area (Å²) in [5.41, 5.74) is 1.30. The average molecular weight is 426 g/mol. The number of piperazine rings is 1. The van der Waals surface area contributed by atoms with Crippen LogP contribution in [0.3, 0.4) is 0 Å². The minimum absolute atomic E-state index is 0.0299. The molecule has 7 heteroatoms. The largest absolute Gasteiger partial charge is 0.342 e. The van der Waals surface area contributed by atoms with Gasteiger partial charge in [-0.3, -0.25) is 14.5 Å². The molecule has 2 N–H and O–H groups in total. The lowest BCUT2D eigenvalue weighted by molar-refractivity contribution is -0.162. The smallest absolute Gasteiger partial charge is 0.246 e. The van der Waals surface area contributed by atoms with Crippen LogP contribution < -0.4 is 5.32 Å². The van der Waals surface area contributed by atoms with E-state index in [4.69, 9.17) is 4.98 Å². The maximum Gasteiger partial charge on any atom is 0.246 e. The molecule has 3 heterocycles. The number of amides is 2. The fraction of sp³-hybridized carbons (Fsp3) is 0.625. The van der Waals surface area contributed by atoms with Crippen molar-refractivity contribution < 1.29 is 9.59 Å². The number of aromatic nitrogens is 2. The van der Waals surface area contributed by atoms with Gasteiger partial charge >= 0.3 is 0 Å². The number of hydrogen-bond donors (Lipinski definition) is 2. The minimum atomic E-state index is -0.718. The number of imidazole rings is 1. The van der Waals surface area contributed by atoms with Crippen molar-refractivity contribution in [2.75, 3.05) is 19.6 Å². The number of likely N-dealkylation sites (tertiary alicyclic amines) is 1. The molecule has 2 unspecified atom stereocenters. The Morgan fingerprint density at radius 2 is 1.87 bits per heavy atom. The van der Waals surface area contributed by atoms with Crippen LogP contribution in [0.1, 0.15) is 65.2 Å². The van der Waals surface area contributed by atoms with Gasteiger partial charge in [-0.25, -0.2) is 4.98 Å². The number of carbonyl (C=O) groups is 2. The van der Waals surface area contributed by atoms with E-state index in [0.717, 1.165) is 36.4 Å². The van der Waals surface area contributed by atoms with Gasteiger partial charge in [-0.15, -0.1) is 0 Å². The molecule has 1 spiro atoms. The molecule has 2 saturated heterocycles. The van der Waals surface area contributed by atoms with E-state index in [1.165, 1.54) is 0 Å². The molecule has 168 valence electrons. The lowest BCUT2D eigenvalue weighted by Gasteiger charge is -2.52. The Hall–Kier alpha value is -2.41. The van der Waals surface area contributed by atoms with Gasteiger partial charge in [-0.05, 0) is 50.7 Å². The number of para-hydroxylation sites is 2. The summed E-state index contributed by atoms with van der Waals surface area (Å²) in [4.78, 5) is 39.1. The first-order valence-electron chi connectivity index (χ1n) is 11.7. The summed E-state index contributed by atoms with van der Waals surface area (Å²) in [6, 6.07) is 7.79. The van der Waals surface area contributed by atoms with Crippen LogP contribution in [0.4, 0.5) is 0 Å². The van der Waals surface area contributed by atoms with Crippen molar-refractivity contribution in [2.45, 2.75) is 71.0 Å². The summed E-state index contributed by atoms with van der Waals surface area (Å²) < 4.78 is 0. The van der Waals surface area contributed by atoms with E-state index < -0.39 is 11.6 Å². The molecular formula is C24H35N5O2. The quantitative estimate of drug-likeness (QED) is 0.744. The molecule has 0 saturated carbocycles. The van der Waals surface area contributed by atoms with Crippen molar-refractivity contribution in [3.63, 3.8) is 0 Å². The predicted molar refractivity (Wildman–Crippen MR) is 121 cm³/mol. The van der Waals surface area contributed by atoms with Gasteiger partial charge in [0.05, 0.1) is 17.1 Å². The topological polar surface area (TPSA) is 81.3 Å². The SMILES string of the molecule is CCCN1C(=O)C(CC(C)C)NC(=O)C12CCN(C(C)c1nc3ccccc3[nH]1)CC2. The normalized spacial score (nSPS) is 23.0. The van der Waals surface area contributed by atoms with Gasteiger partial charge in [-0.2, -0.15) is 0 Å². The van der Waals surface area contributed by atoms with E-state index in [1.54, 1.807) is 0 Å². The number of H-pyrrole nitrogens is 1. The van der Waals surface area contributed by atoms with Crippen molar-refractivity contribution in [1.82, 2.24) is 25.1 Å². The van der Waals surface area contributed by atoms with Gasteiger partial charge < -0.3 is 15.2 Å². The fourth-order valence-corrected chi connectivity index (χ4v) is 5.18. The molecule has 2 aromatic rings. The molecular weight excluding hydrogens is 390 g/mol. The second-order valence-electron chi connectivity index (χ2n) is 9.53. The number of piperidine rings is 1. The molecule has 0 bridgehead atoms. The van der Waals surface area contributed by atoms with Gasteiger partial charge in [0.2, 0.25) is 11.8 Å². The first-order chi connectivity index (χ1) is 14.9. The summed E-state index contributed by atoms with van der Waals surface area (Å²) in [5.74, 6) is 1.43. The number of rotatable bonds is 6. The number of fused-ring (bicyclic) bond motifs is 1. The van der Waals surface area contributed by atoms with E-state index in [0.29, 0.717) is 31.7 Å². The molecule has 31 heavy (non-hydrogen) atoms. The number of carbonyl (C=O) groups excluding carboxylic acids is 2. The lowest BCUT2D eigenvalue weighted by atomic mass is 9.80. The standard InChI is InChI=1S/C24H35N5O2/c1-5-12-29-22(30)20(15-16(2)3)27-23(31)24(29)10-13-28(14-11-24)17(4)21-25-18-8-6-7-9-19(18)26-21/h6-9,16-17,20H,5,10-15H2,1-4H3,(H,25,26)(H,27,31). The van der Waals surface area contributed by atoms with E-state index in [-0.39, 0.29) is 17.9 Å². The van der Waals surface area contributed by atoms with E-state index in [9.17, 15) is 9.59 Å². The van der Waals surface area contributed by atoms with Crippen molar-refractivity contribution >= 4 is 22.8 Å². The maximum absolute atomic E-state index is 13.3. The van der Waals surface area contributed by atoms with Crippen LogP contribution in [-0.2, 0) is 9.59 Å². The molecule has 2 atom stereocenters. The number of hydrogen-bond acceptors (Lipinski definition) is 4. The van der Waals surface area contributed by atoms with Crippen molar-refractivity contribution in [3.8, 4) is 0 Å². The van der Waals surface area contributed by atoms with Gasteiger partial charge in [0.1, 0.15) is 17.4 Å². The Bertz CT molecular complexity index is 911. The summed E-state index contributed by atoms with van der Waals surface area (Å²) >= 11 is 0. The molecule has 2 fully saturated rings. The Balaban J connectivity index is 1.50. The Labute approximate surface area is 184 Å². The Morgan fingerprint density at radius 1 is 1.16 bits per heavy atom. The van der Waals surface area contributed by atoms with Crippen molar-refractivity contribution in [1.29, 1.82) is 0 Å². The molecule has 2 aliphatic rings. The summed E-state index contributed by atoms with van der Waals surface area (Å²) in [5, 5.41) is 3.07. The number of benzene rings is 1. The molecule has 2 amide bonds. The summed E-state index contributed by atoms with van der Waals surface area (Å²) in [6.45, 7) is 10.6. The first kappa shape index (κ1) is 21.8. The highest BCUT2D eigenvalue weighted by Gasteiger charge is 2.53. The third-order valence-corrected chi connectivity index (χ3v) is 6.94. The third kappa shape index (κ3) is 3.95. The van der Waals surface area contributed by atoms with Crippen LogP contribution in [-0.4, -0.2) is 62.8 Å². The molecule has 1 aromatic heterocycles. The van der Waals surface area contributed by atoms with Crippen LogP contribution >= 0.6 is 0 Å². The van der Waals surface area contributed by atoms with Crippen LogP contribution in [0.15, 0.2) is 24.3 Å². The van der Waals surface area contributed by atoms with E-state index >= 15 is 0 Å². The summed E-state index contributed by atoms with van der Waals surface area (Å²) in [7, 11) is 0. The fourth-order valence-electron chi connectivity index (χ4n) is 5.18. The highest BCUT2D eigenvalue weighted by Crippen LogP contribution is 2.36. The average Bonchev–Trinajstić information content (AvgIpc) is 3.19. The summed E-state index contributed by atoms with van der Waals surface area (Å²) in [6.07, 6.45) is 2.86. The minimum Gasteiger partial charge on any atom is -0.342 e. The van der Waals surface area contributed by atoms with Gasteiger partial charge in [0.15, 0.2) is 0 Å². The number of aromatic amines is 1. The van der Waals surface area contributed by atoms with E-state index in [2.05, 4.69) is 42.9 Å². The van der Waals surface area contributed by atoms with Crippen LogP contribution in [0.5, 0.6) is 0 Å². The third-order valence-electron chi connectivity index (χ3n) is 6.94. The molecule has 1 aromatic carbocycles. The van der Waals surface area contributed by atoms with Crippen molar-refractivity contribution in [2.24, 2.45) is 5.92 Å². The van der Waals surface area contributed by atoms with Crippen LogP contribution in [0.2, 0.25) is 0 Å². The van der Waals surface area contributed by atoms with Gasteiger partial charge in [0, 0.05) is 19.6 Å². The van der Waals surface area contributed by atoms with Crippen LogP contribution in [0, 0.1) is 5.92 Å². The van der Waals surface area contributed by atoms with Gasteiger partial charge in [-0.1, -0.05) is 32.9 Å². The second-order valence-corrected chi connectivity index (χ2v) is 9.53. The maximum atomic E-state index is 13.3. The van der Waals surface area contributed by atoms with E-state index in [1.807, 2.05) is 29.2 Å². The zero-order chi connectivity index (χ0) is 22.2.